The number of rotatable bonds is 1. The van der Waals surface area contributed by atoms with Crippen LogP contribution in [0.25, 0.3) is 0 Å². The van der Waals surface area contributed by atoms with Gasteiger partial charge in [0, 0.05) is 18.4 Å². The highest BCUT2D eigenvalue weighted by Crippen LogP contribution is 2.65. The van der Waals surface area contributed by atoms with Crippen LogP contribution in [0.15, 0.2) is 36.4 Å². The molecule has 5 rings (SSSR count). The molecule has 144 valence electrons. The number of carbonyl (C=O) groups excluding carboxylic acids is 1. The molecule has 1 saturated heterocycles. The number of piperidine rings is 1. The van der Waals surface area contributed by atoms with Crippen molar-refractivity contribution in [1.82, 2.24) is 5.32 Å². The first-order chi connectivity index (χ1) is 12.9. The van der Waals surface area contributed by atoms with Gasteiger partial charge in [-0.15, -0.1) is 0 Å². The van der Waals surface area contributed by atoms with Crippen molar-refractivity contribution in [3.63, 3.8) is 0 Å². The maximum atomic E-state index is 12.0. The van der Waals surface area contributed by atoms with Crippen molar-refractivity contribution in [3.8, 4) is 0 Å². The van der Waals surface area contributed by atoms with Crippen LogP contribution >= 0.6 is 0 Å². The Hall–Kier alpha value is -1.57. The van der Waals surface area contributed by atoms with Crippen LogP contribution in [-0.4, -0.2) is 11.9 Å². The molecule has 1 aliphatic heterocycles. The second kappa shape index (κ2) is 5.96. The number of nitrogens with one attached hydrogen (secondary N) is 1. The normalized spacial score (nSPS) is 45.6. The van der Waals surface area contributed by atoms with E-state index in [4.69, 9.17) is 0 Å². The van der Waals surface area contributed by atoms with E-state index in [0.717, 1.165) is 31.1 Å². The second-order valence-corrected chi connectivity index (χ2v) is 10.3. The van der Waals surface area contributed by atoms with Crippen LogP contribution in [0.1, 0.15) is 69.4 Å². The predicted molar refractivity (Wildman–Crippen MR) is 109 cm³/mol. The van der Waals surface area contributed by atoms with E-state index in [1.807, 2.05) is 0 Å². The monoisotopic (exact) mass is 363 g/mol. The zero-order valence-electron chi connectivity index (χ0n) is 17.0. The van der Waals surface area contributed by atoms with Gasteiger partial charge in [-0.25, -0.2) is 0 Å². The van der Waals surface area contributed by atoms with Gasteiger partial charge < -0.3 is 5.32 Å². The van der Waals surface area contributed by atoms with Gasteiger partial charge in [-0.3, -0.25) is 4.79 Å². The molecule has 4 aliphatic rings. The lowest BCUT2D eigenvalue weighted by molar-refractivity contribution is -0.135. The van der Waals surface area contributed by atoms with Crippen molar-refractivity contribution in [2.45, 2.75) is 71.3 Å². The number of aryl methyl sites for hydroxylation is 1. The van der Waals surface area contributed by atoms with Gasteiger partial charge >= 0.3 is 0 Å². The van der Waals surface area contributed by atoms with Gasteiger partial charge in [0.05, 0.1) is 0 Å². The van der Waals surface area contributed by atoms with Crippen LogP contribution in [0, 0.1) is 35.5 Å². The van der Waals surface area contributed by atoms with E-state index >= 15 is 0 Å². The van der Waals surface area contributed by atoms with E-state index in [1.54, 1.807) is 0 Å². The molecule has 3 fully saturated rings. The van der Waals surface area contributed by atoms with Crippen LogP contribution in [0.5, 0.6) is 0 Å². The summed E-state index contributed by atoms with van der Waals surface area (Å²) in [5, 5.41) is 3.36. The molecule has 7 atom stereocenters. The third-order valence-corrected chi connectivity index (χ3v) is 8.92. The number of hydrogen-bond acceptors (Lipinski definition) is 1. The fourth-order valence-electron chi connectivity index (χ4n) is 7.40. The van der Waals surface area contributed by atoms with Gasteiger partial charge in [0.25, 0.3) is 0 Å². The summed E-state index contributed by atoms with van der Waals surface area (Å²) in [5.41, 5.74) is 3.47. The summed E-state index contributed by atoms with van der Waals surface area (Å²) >= 11 is 0. The van der Waals surface area contributed by atoms with Crippen LogP contribution in [0.3, 0.4) is 0 Å². The molecule has 2 unspecified atom stereocenters. The fraction of sp³-hybridized carbons (Fsp3) is 0.640. The lowest BCUT2D eigenvalue weighted by Crippen LogP contribution is -2.61. The number of allylic oxidation sites excluding steroid dienone is 2. The fourth-order valence-corrected chi connectivity index (χ4v) is 7.40. The lowest BCUT2D eigenvalue weighted by atomic mass is 9.46. The van der Waals surface area contributed by atoms with Crippen molar-refractivity contribution in [3.05, 3.63) is 47.5 Å². The molecule has 1 aromatic carbocycles. The molecule has 3 aliphatic carbocycles. The van der Waals surface area contributed by atoms with Gasteiger partial charge in [0.2, 0.25) is 5.91 Å². The molecule has 0 bridgehead atoms. The summed E-state index contributed by atoms with van der Waals surface area (Å²) in [4.78, 5) is 12.0. The number of amides is 1. The van der Waals surface area contributed by atoms with Gasteiger partial charge in [0.15, 0.2) is 0 Å². The van der Waals surface area contributed by atoms with Crippen LogP contribution in [0.4, 0.5) is 0 Å². The standard InChI is InChI=1S/C25H33NO/c1-16-4-6-17(7-5-16)18-10-13-24(2)14-11-20-19(23(18)24)8-9-21-25(20,3)15-12-22(27)26-21/h4-7,10,13,18-21,23H,8-9,11-12,14-15H2,1-3H3,(H,26,27)/t18?,19-,20-,21?,23+,24+,25-/m1/s1. The van der Waals surface area contributed by atoms with Crippen molar-refractivity contribution in [2.24, 2.45) is 28.6 Å². The summed E-state index contributed by atoms with van der Waals surface area (Å²) in [6, 6.07) is 9.65. The summed E-state index contributed by atoms with van der Waals surface area (Å²) in [5.74, 6) is 3.08. The molecule has 1 amide bonds. The molecular weight excluding hydrogens is 330 g/mol. The summed E-state index contributed by atoms with van der Waals surface area (Å²) in [6.07, 6.45) is 11.9. The Morgan fingerprint density at radius 3 is 2.59 bits per heavy atom. The van der Waals surface area contributed by atoms with Crippen molar-refractivity contribution >= 4 is 5.91 Å². The number of fused-ring (bicyclic) bond motifs is 5. The Morgan fingerprint density at radius 1 is 1.04 bits per heavy atom. The lowest BCUT2D eigenvalue weighted by Gasteiger charge is -2.60. The van der Waals surface area contributed by atoms with E-state index in [-0.39, 0.29) is 5.91 Å². The summed E-state index contributed by atoms with van der Waals surface area (Å²) in [6.45, 7) is 7.17. The minimum absolute atomic E-state index is 0.275. The third-order valence-electron chi connectivity index (χ3n) is 8.92. The molecule has 2 heteroatoms. The maximum absolute atomic E-state index is 12.0. The molecule has 27 heavy (non-hydrogen) atoms. The van der Waals surface area contributed by atoms with Crippen molar-refractivity contribution < 1.29 is 4.79 Å². The largest absolute Gasteiger partial charge is 0.353 e. The summed E-state index contributed by atoms with van der Waals surface area (Å²) < 4.78 is 0. The highest BCUT2D eigenvalue weighted by Gasteiger charge is 2.59. The van der Waals surface area contributed by atoms with E-state index in [1.165, 1.54) is 30.4 Å². The molecule has 1 heterocycles. The molecule has 2 saturated carbocycles. The van der Waals surface area contributed by atoms with Gasteiger partial charge in [-0.1, -0.05) is 55.8 Å². The number of hydrogen-bond donors (Lipinski definition) is 1. The Labute approximate surface area is 163 Å². The minimum atomic E-state index is 0.275. The molecule has 1 N–H and O–H groups in total. The third kappa shape index (κ3) is 2.55. The van der Waals surface area contributed by atoms with E-state index in [9.17, 15) is 4.79 Å². The summed E-state index contributed by atoms with van der Waals surface area (Å²) in [7, 11) is 0. The first kappa shape index (κ1) is 17.5. The molecule has 2 nitrogen and oxygen atoms in total. The molecule has 0 spiro atoms. The van der Waals surface area contributed by atoms with Crippen LogP contribution in [-0.2, 0) is 4.79 Å². The number of benzene rings is 1. The molecule has 0 radical (unpaired) electrons. The Balaban J connectivity index is 1.49. The smallest absolute Gasteiger partial charge is 0.220 e. The van der Waals surface area contributed by atoms with Crippen molar-refractivity contribution in [1.29, 1.82) is 0 Å². The SMILES string of the molecule is Cc1ccc(C2C=C[C@@]3(C)CC[C@@H]4[C@@H](CCC5NC(=O)CC[C@@]54C)[C@H]23)cc1. The topological polar surface area (TPSA) is 29.1 Å². The molecule has 1 aromatic rings. The minimum Gasteiger partial charge on any atom is -0.353 e. The zero-order chi connectivity index (χ0) is 18.8. The van der Waals surface area contributed by atoms with Crippen LogP contribution in [0.2, 0.25) is 0 Å². The Bertz CT molecular complexity index is 780. The predicted octanol–water partition coefficient (Wildman–Crippen LogP) is 5.38. The highest BCUT2D eigenvalue weighted by atomic mass is 16.1. The van der Waals surface area contributed by atoms with Gasteiger partial charge in [0.1, 0.15) is 0 Å². The van der Waals surface area contributed by atoms with Crippen molar-refractivity contribution in [2.75, 3.05) is 0 Å². The Morgan fingerprint density at radius 2 is 1.81 bits per heavy atom. The average Bonchev–Trinajstić information content (AvgIpc) is 3.00. The number of carbonyl (C=O) groups is 1. The first-order valence-electron chi connectivity index (χ1n) is 11.0. The van der Waals surface area contributed by atoms with E-state index < -0.39 is 0 Å². The van der Waals surface area contributed by atoms with Crippen LogP contribution < -0.4 is 5.32 Å². The first-order valence-corrected chi connectivity index (χ1v) is 11.0. The van der Waals surface area contributed by atoms with E-state index in [2.05, 4.69) is 62.5 Å². The maximum Gasteiger partial charge on any atom is 0.220 e. The van der Waals surface area contributed by atoms with Gasteiger partial charge in [-0.2, -0.15) is 0 Å². The van der Waals surface area contributed by atoms with E-state index in [0.29, 0.717) is 28.7 Å². The molecular formula is C25H33NO. The Kier molecular flexibility index (Phi) is 3.87. The zero-order valence-corrected chi connectivity index (χ0v) is 17.0. The quantitative estimate of drug-likeness (QED) is 0.667. The molecule has 0 aromatic heterocycles. The van der Waals surface area contributed by atoms with Gasteiger partial charge in [-0.05, 0) is 73.2 Å². The second-order valence-electron chi connectivity index (χ2n) is 10.3. The average molecular weight is 364 g/mol. The highest BCUT2D eigenvalue weighted by molar-refractivity contribution is 5.77.